The van der Waals surface area contributed by atoms with Crippen LogP contribution in [-0.4, -0.2) is 59.6 Å². The first-order valence-electron chi connectivity index (χ1n) is 12.1. The predicted octanol–water partition coefficient (Wildman–Crippen LogP) is 4.52. The van der Waals surface area contributed by atoms with E-state index in [1.165, 1.54) is 70.6 Å². The predicted molar refractivity (Wildman–Crippen MR) is 118 cm³/mol. The molecule has 1 fully saturated rings. The molecule has 1 aliphatic heterocycles. The first-order chi connectivity index (χ1) is 14.2. The lowest BCUT2D eigenvalue weighted by molar-refractivity contribution is -0.0730. The Morgan fingerprint density at radius 3 is 2.03 bits per heavy atom. The number of hydrogen-bond acceptors (Lipinski definition) is 5. The molecule has 0 radical (unpaired) electrons. The van der Waals surface area contributed by atoms with Gasteiger partial charge >= 0.3 is 0 Å². The highest BCUT2D eigenvalue weighted by Gasteiger charge is 2.40. The molecule has 1 rings (SSSR count). The van der Waals surface area contributed by atoms with Crippen molar-refractivity contribution in [1.82, 2.24) is 0 Å². The van der Waals surface area contributed by atoms with Crippen LogP contribution >= 0.6 is 0 Å². The first-order valence-corrected chi connectivity index (χ1v) is 12.1. The third-order valence-corrected chi connectivity index (χ3v) is 5.72. The van der Waals surface area contributed by atoms with E-state index in [1.54, 1.807) is 0 Å². The fraction of sp³-hybridized carbons (Fsp3) is 0.917. The molecule has 0 aromatic rings. The fourth-order valence-corrected chi connectivity index (χ4v) is 3.79. The molecule has 0 aromatic carbocycles. The van der Waals surface area contributed by atoms with Crippen LogP contribution < -0.4 is 0 Å². The Balaban J connectivity index is 1.84. The molecule has 5 heteroatoms. The van der Waals surface area contributed by atoms with Crippen LogP contribution in [0, 0.1) is 0 Å². The van der Waals surface area contributed by atoms with Gasteiger partial charge in [0.25, 0.3) is 0 Å². The van der Waals surface area contributed by atoms with E-state index in [1.807, 2.05) is 0 Å². The minimum absolute atomic E-state index is 0.270. The summed E-state index contributed by atoms with van der Waals surface area (Å²) in [7, 11) is 0. The van der Waals surface area contributed by atoms with Crippen LogP contribution in [0.5, 0.6) is 0 Å². The number of hydrogen-bond donors (Lipinski definition) is 3. The molecule has 1 saturated heterocycles. The molecule has 0 amide bonds. The van der Waals surface area contributed by atoms with Crippen molar-refractivity contribution in [2.75, 3.05) is 19.8 Å². The smallest absolute Gasteiger partial charge is 0.114 e. The summed E-state index contributed by atoms with van der Waals surface area (Å²) in [5.41, 5.74) is 0. The van der Waals surface area contributed by atoms with E-state index in [2.05, 4.69) is 19.1 Å². The average Bonchev–Trinajstić information content (AvgIpc) is 3.10. The zero-order chi connectivity index (χ0) is 21.2. The van der Waals surface area contributed by atoms with Crippen molar-refractivity contribution in [3.63, 3.8) is 0 Å². The molecule has 5 nitrogen and oxygen atoms in total. The van der Waals surface area contributed by atoms with Crippen LogP contribution in [0.2, 0.25) is 0 Å². The van der Waals surface area contributed by atoms with Gasteiger partial charge in [-0.2, -0.15) is 0 Å². The molecule has 1 heterocycles. The molecule has 0 aliphatic carbocycles. The van der Waals surface area contributed by atoms with Crippen molar-refractivity contribution in [3.05, 3.63) is 12.2 Å². The highest BCUT2D eigenvalue weighted by Crippen LogP contribution is 2.20. The lowest BCUT2D eigenvalue weighted by Gasteiger charge is -2.20. The number of aliphatic hydroxyl groups is 3. The molecule has 0 aromatic heterocycles. The Labute approximate surface area is 178 Å². The third kappa shape index (κ3) is 12.7. The molecular weight excluding hydrogens is 368 g/mol. The summed E-state index contributed by atoms with van der Waals surface area (Å²) in [5, 5.41) is 28.6. The first kappa shape index (κ1) is 26.6. The van der Waals surface area contributed by atoms with Crippen LogP contribution in [0.25, 0.3) is 0 Å². The fourth-order valence-electron chi connectivity index (χ4n) is 3.79. The van der Waals surface area contributed by atoms with E-state index < -0.39 is 31.0 Å². The zero-order valence-electron chi connectivity index (χ0n) is 18.6. The van der Waals surface area contributed by atoms with Gasteiger partial charge in [0.1, 0.15) is 24.4 Å². The summed E-state index contributed by atoms with van der Waals surface area (Å²) in [6, 6.07) is 0. The van der Waals surface area contributed by atoms with Gasteiger partial charge in [-0.05, 0) is 32.1 Å². The minimum atomic E-state index is -1.05. The summed E-state index contributed by atoms with van der Waals surface area (Å²) in [6.45, 7) is 2.72. The van der Waals surface area contributed by atoms with E-state index >= 15 is 0 Å². The maximum atomic E-state index is 10.1. The molecule has 172 valence electrons. The van der Waals surface area contributed by atoms with Crippen LogP contribution in [-0.2, 0) is 9.47 Å². The van der Waals surface area contributed by atoms with E-state index in [-0.39, 0.29) is 6.61 Å². The summed E-state index contributed by atoms with van der Waals surface area (Å²) in [6.07, 6.45) is 19.5. The normalized spacial score (nSPS) is 23.2. The third-order valence-electron chi connectivity index (χ3n) is 5.72. The van der Waals surface area contributed by atoms with Crippen LogP contribution in [0.1, 0.15) is 96.8 Å². The van der Waals surface area contributed by atoms with Gasteiger partial charge in [-0.15, -0.1) is 0 Å². The van der Waals surface area contributed by atoms with Gasteiger partial charge in [0.05, 0.1) is 13.2 Å². The van der Waals surface area contributed by atoms with Gasteiger partial charge < -0.3 is 24.8 Å². The highest BCUT2D eigenvalue weighted by molar-refractivity contribution is 4.88. The highest BCUT2D eigenvalue weighted by atomic mass is 16.6. The number of rotatable bonds is 19. The van der Waals surface area contributed by atoms with Gasteiger partial charge in [0.15, 0.2) is 0 Å². The average molecular weight is 415 g/mol. The monoisotopic (exact) mass is 414 g/mol. The molecule has 3 N–H and O–H groups in total. The lowest BCUT2D eigenvalue weighted by atomic mass is 10.1. The zero-order valence-corrected chi connectivity index (χ0v) is 18.6. The quantitative estimate of drug-likeness (QED) is 0.214. The second-order valence-electron chi connectivity index (χ2n) is 8.39. The van der Waals surface area contributed by atoms with Gasteiger partial charge in [0.2, 0.25) is 0 Å². The van der Waals surface area contributed by atoms with Gasteiger partial charge in [0, 0.05) is 6.61 Å². The largest absolute Gasteiger partial charge is 0.394 e. The topological polar surface area (TPSA) is 79.2 Å². The molecular formula is C24H46O5. The van der Waals surface area contributed by atoms with Crippen molar-refractivity contribution in [3.8, 4) is 0 Å². The molecule has 4 atom stereocenters. The Morgan fingerprint density at radius 2 is 1.45 bits per heavy atom. The van der Waals surface area contributed by atoms with E-state index in [0.717, 1.165) is 19.3 Å². The molecule has 0 spiro atoms. The van der Waals surface area contributed by atoms with Crippen LogP contribution in [0.15, 0.2) is 12.2 Å². The van der Waals surface area contributed by atoms with Crippen molar-refractivity contribution in [2.45, 2.75) is 121 Å². The molecule has 0 unspecified atom stereocenters. The summed E-state index contributed by atoms with van der Waals surface area (Å²) < 4.78 is 11.0. The number of unbranched alkanes of at least 4 members (excludes halogenated alkanes) is 12. The minimum Gasteiger partial charge on any atom is -0.394 e. The Bertz CT molecular complexity index is 387. The standard InChI is InChI=1S/C24H46O5/c1-2-3-4-5-6-7-8-9-10-11-12-13-14-15-16-17-18-28-22-20-29-24(23(22)27)21(26)19-25/h11-12,21-27H,2-10,13-20H2,1H3/b12-11+/t21-,22+,23+,24+/m1/s1. The Hall–Kier alpha value is -0.460. The maximum Gasteiger partial charge on any atom is 0.114 e. The van der Waals surface area contributed by atoms with E-state index in [0.29, 0.717) is 6.61 Å². The van der Waals surface area contributed by atoms with Gasteiger partial charge in [-0.1, -0.05) is 76.9 Å². The van der Waals surface area contributed by atoms with Crippen LogP contribution in [0.3, 0.4) is 0 Å². The molecule has 0 saturated carbocycles. The second-order valence-corrected chi connectivity index (χ2v) is 8.39. The molecule has 29 heavy (non-hydrogen) atoms. The van der Waals surface area contributed by atoms with E-state index in [9.17, 15) is 10.2 Å². The summed E-state index contributed by atoms with van der Waals surface area (Å²) in [4.78, 5) is 0. The molecule has 0 bridgehead atoms. The number of ether oxygens (including phenoxy) is 2. The van der Waals surface area contributed by atoms with Gasteiger partial charge in [-0.3, -0.25) is 0 Å². The van der Waals surface area contributed by atoms with Crippen molar-refractivity contribution < 1.29 is 24.8 Å². The lowest BCUT2D eigenvalue weighted by Crippen LogP contribution is -2.41. The Morgan fingerprint density at radius 1 is 0.897 bits per heavy atom. The SMILES string of the molecule is CCCCCCCCCC/C=C/CCCCCCO[C@H]1CO[C@@H]([C@H](O)CO)[C@H]1O. The summed E-state index contributed by atoms with van der Waals surface area (Å²) in [5.74, 6) is 0. The number of allylic oxidation sites excluding steroid dienone is 2. The van der Waals surface area contributed by atoms with Crippen LogP contribution in [0.4, 0.5) is 0 Å². The van der Waals surface area contributed by atoms with Crippen molar-refractivity contribution in [1.29, 1.82) is 0 Å². The van der Waals surface area contributed by atoms with Crippen molar-refractivity contribution >= 4 is 0 Å². The summed E-state index contributed by atoms with van der Waals surface area (Å²) >= 11 is 0. The number of aliphatic hydroxyl groups excluding tert-OH is 3. The maximum absolute atomic E-state index is 10.1. The van der Waals surface area contributed by atoms with E-state index in [4.69, 9.17) is 14.6 Å². The van der Waals surface area contributed by atoms with Gasteiger partial charge in [-0.25, -0.2) is 0 Å². The second kappa shape index (κ2) is 18.3. The molecule has 1 aliphatic rings. The van der Waals surface area contributed by atoms with Crippen molar-refractivity contribution in [2.24, 2.45) is 0 Å². The Kier molecular flexibility index (Phi) is 16.8.